The van der Waals surface area contributed by atoms with Crippen LogP contribution in [0.15, 0.2) is 29.2 Å². The SMILES string of the molecule is C[C@H](CO)C(=O)N[C@@H]1COc2ccccc2SC1. The molecule has 1 amide bonds. The number of hydrogen-bond donors (Lipinski definition) is 2. The summed E-state index contributed by atoms with van der Waals surface area (Å²) < 4.78 is 5.68. The van der Waals surface area contributed by atoms with Gasteiger partial charge in [0.25, 0.3) is 0 Å². The first-order chi connectivity index (χ1) is 8.70. The van der Waals surface area contributed by atoms with E-state index in [1.54, 1.807) is 18.7 Å². The Morgan fingerprint density at radius 1 is 1.61 bits per heavy atom. The van der Waals surface area contributed by atoms with Crippen LogP contribution in [0.2, 0.25) is 0 Å². The molecular formula is C13H17NO3S. The van der Waals surface area contributed by atoms with Crippen molar-refractivity contribution in [1.29, 1.82) is 0 Å². The second-order valence-electron chi connectivity index (χ2n) is 4.36. The summed E-state index contributed by atoms with van der Waals surface area (Å²) in [6.07, 6.45) is 0. The van der Waals surface area contributed by atoms with Crippen molar-refractivity contribution < 1.29 is 14.6 Å². The lowest BCUT2D eigenvalue weighted by Gasteiger charge is -2.17. The van der Waals surface area contributed by atoms with Gasteiger partial charge in [-0.1, -0.05) is 19.1 Å². The monoisotopic (exact) mass is 267 g/mol. The number of fused-ring (bicyclic) bond motifs is 1. The van der Waals surface area contributed by atoms with Crippen molar-refractivity contribution in [2.75, 3.05) is 19.0 Å². The fourth-order valence-corrected chi connectivity index (χ4v) is 2.63. The van der Waals surface area contributed by atoms with E-state index in [1.807, 2.05) is 24.3 Å². The number of carbonyl (C=O) groups excluding carboxylic acids is 1. The molecule has 0 aromatic heterocycles. The van der Waals surface area contributed by atoms with Gasteiger partial charge in [0.15, 0.2) is 0 Å². The van der Waals surface area contributed by atoms with Crippen LogP contribution in [-0.2, 0) is 4.79 Å². The number of hydrogen-bond acceptors (Lipinski definition) is 4. The first-order valence-corrected chi connectivity index (χ1v) is 6.95. The summed E-state index contributed by atoms with van der Waals surface area (Å²) in [7, 11) is 0. The number of carbonyl (C=O) groups is 1. The molecule has 1 aromatic rings. The molecule has 0 radical (unpaired) electrons. The van der Waals surface area contributed by atoms with E-state index >= 15 is 0 Å². The second kappa shape index (κ2) is 6.11. The molecular weight excluding hydrogens is 250 g/mol. The summed E-state index contributed by atoms with van der Waals surface area (Å²) in [5, 5.41) is 11.8. The summed E-state index contributed by atoms with van der Waals surface area (Å²) in [6.45, 7) is 2.04. The lowest BCUT2D eigenvalue weighted by Crippen LogP contribution is -2.43. The first-order valence-electron chi connectivity index (χ1n) is 5.96. The average molecular weight is 267 g/mol. The van der Waals surface area contributed by atoms with E-state index in [0.29, 0.717) is 6.61 Å². The van der Waals surface area contributed by atoms with Crippen LogP contribution in [0.1, 0.15) is 6.92 Å². The lowest BCUT2D eigenvalue weighted by atomic mass is 10.2. The highest BCUT2D eigenvalue weighted by Crippen LogP contribution is 2.31. The minimum absolute atomic E-state index is 0.0242. The van der Waals surface area contributed by atoms with E-state index in [4.69, 9.17) is 9.84 Å². The van der Waals surface area contributed by atoms with Crippen molar-refractivity contribution in [3.05, 3.63) is 24.3 Å². The van der Waals surface area contributed by atoms with E-state index in [0.717, 1.165) is 16.4 Å². The van der Waals surface area contributed by atoms with Gasteiger partial charge in [0.1, 0.15) is 12.4 Å². The Labute approximate surface area is 111 Å². The molecule has 0 fully saturated rings. The Bertz CT molecular complexity index is 397. The molecule has 1 aliphatic heterocycles. The fraction of sp³-hybridized carbons (Fsp3) is 0.462. The first kappa shape index (κ1) is 13.2. The molecule has 0 bridgehead atoms. The summed E-state index contributed by atoms with van der Waals surface area (Å²) in [6, 6.07) is 7.83. The topological polar surface area (TPSA) is 58.6 Å². The van der Waals surface area contributed by atoms with Gasteiger partial charge in [-0.2, -0.15) is 0 Å². The van der Waals surface area contributed by atoms with Gasteiger partial charge in [-0.3, -0.25) is 4.79 Å². The molecule has 1 aliphatic rings. The van der Waals surface area contributed by atoms with E-state index < -0.39 is 0 Å². The minimum Gasteiger partial charge on any atom is -0.490 e. The molecule has 1 aromatic carbocycles. The molecule has 0 unspecified atom stereocenters. The molecule has 2 N–H and O–H groups in total. The van der Waals surface area contributed by atoms with Crippen molar-refractivity contribution in [2.45, 2.75) is 17.9 Å². The number of nitrogens with one attached hydrogen (secondary N) is 1. The van der Waals surface area contributed by atoms with Crippen LogP contribution < -0.4 is 10.1 Å². The summed E-state index contributed by atoms with van der Waals surface area (Å²) in [5.74, 6) is 1.15. The molecule has 5 heteroatoms. The van der Waals surface area contributed by atoms with Gasteiger partial charge in [0.2, 0.25) is 5.91 Å². The van der Waals surface area contributed by atoms with Crippen molar-refractivity contribution in [2.24, 2.45) is 5.92 Å². The third-order valence-electron chi connectivity index (χ3n) is 2.80. The lowest BCUT2D eigenvalue weighted by molar-refractivity contribution is -0.126. The van der Waals surface area contributed by atoms with Crippen LogP contribution in [0.3, 0.4) is 0 Å². The molecule has 1 heterocycles. The van der Waals surface area contributed by atoms with Gasteiger partial charge < -0.3 is 15.2 Å². The second-order valence-corrected chi connectivity index (χ2v) is 5.42. The van der Waals surface area contributed by atoms with Crippen molar-refractivity contribution in [3.63, 3.8) is 0 Å². The molecule has 18 heavy (non-hydrogen) atoms. The van der Waals surface area contributed by atoms with E-state index in [1.165, 1.54) is 0 Å². The number of para-hydroxylation sites is 1. The number of rotatable bonds is 3. The number of aliphatic hydroxyl groups excluding tert-OH is 1. The van der Waals surface area contributed by atoms with Crippen molar-refractivity contribution >= 4 is 17.7 Å². The smallest absolute Gasteiger partial charge is 0.225 e. The number of amides is 1. The van der Waals surface area contributed by atoms with Gasteiger partial charge in [-0.15, -0.1) is 11.8 Å². The van der Waals surface area contributed by atoms with Gasteiger partial charge in [-0.05, 0) is 12.1 Å². The standard InChI is InChI=1S/C13H17NO3S/c1-9(6-15)13(16)14-10-7-17-11-4-2-3-5-12(11)18-8-10/h2-5,9-10,15H,6-8H2,1H3,(H,14,16)/t9-,10-/m1/s1. The highest BCUT2D eigenvalue weighted by molar-refractivity contribution is 7.99. The Balaban J connectivity index is 1.94. The van der Waals surface area contributed by atoms with Crippen LogP contribution in [-0.4, -0.2) is 36.0 Å². The predicted molar refractivity (Wildman–Crippen MR) is 70.8 cm³/mol. The summed E-state index contributed by atoms with van der Waals surface area (Å²) >= 11 is 1.68. The Hall–Kier alpha value is -1.20. The summed E-state index contributed by atoms with van der Waals surface area (Å²) in [5.41, 5.74) is 0. The van der Waals surface area contributed by atoms with Gasteiger partial charge in [-0.25, -0.2) is 0 Å². The van der Waals surface area contributed by atoms with E-state index in [-0.39, 0.29) is 24.5 Å². The Kier molecular flexibility index (Phi) is 4.49. The highest BCUT2D eigenvalue weighted by Gasteiger charge is 2.21. The van der Waals surface area contributed by atoms with Crippen LogP contribution in [0.4, 0.5) is 0 Å². The maximum atomic E-state index is 11.7. The normalized spacial score (nSPS) is 20.2. The maximum absolute atomic E-state index is 11.7. The minimum atomic E-state index is -0.374. The molecule has 0 aliphatic carbocycles. The zero-order valence-electron chi connectivity index (χ0n) is 10.3. The molecule has 0 saturated carbocycles. The third-order valence-corrected chi connectivity index (χ3v) is 4.01. The van der Waals surface area contributed by atoms with E-state index in [9.17, 15) is 4.79 Å². The van der Waals surface area contributed by atoms with Gasteiger partial charge in [0.05, 0.1) is 18.6 Å². The van der Waals surface area contributed by atoms with Crippen LogP contribution >= 0.6 is 11.8 Å². The van der Waals surface area contributed by atoms with Gasteiger partial charge >= 0.3 is 0 Å². The molecule has 0 saturated heterocycles. The maximum Gasteiger partial charge on any atom is 0.225 e. The number of ether oxygens (including phenoxy) is 1. The summed E-state index contributed by atoms with van der Waals surface area (Å²) in [4.78, 5) is 12.8. The quantitative estimate of drug-likeness (QED) is 0.866. The highest BCUT2D eigenvalue weighted by atomic mass is 32.2. The number of aliphatic hydroxyl groups is 1. The van der Waals surface area contributed by atoms with E-state index in [2.05, 4.69) is 5.32 Å². The number of benzene rings is 1. The molecule has 2 atom stereocenters. The zero-order valence-corrected chi connectivity index (χ0v) is 11.1. The third kappa shape index (κ3) is 3.17. The van der Waals surface area contributed by atoms with Crippen LogP contribution in [0, 0.1) is 5.92 Å². The fourth-order valence-electron chi connectivity index (χ4n) is 1.63. The van der Waals surface area contributed by atoms with Crippen LogP contribution in [0.5, 0.6) is 5.75 Å². The molecule has 2 rings (SSSR count). The number of thioether (sulfide) groups is 1. The molecule has 0 spiro atoms. The largest absolute Gasteiger partial charge is 0.490 e. The zero-order chi connectivity index (χ0) is 13.0. The molecule has 98 valence electrons. The van der Waals surface area contributed by atoms with Crippen LogP contribution in [0.25, 0.3) is 0 Å². The average Bonchev–Trinajstić information content (AvgIpc) is 2.61. The Morgan fingerprint density at radius 3 is 3.17 bits per heavy atom. The Morgan fingerprint density at radius 2 is 2.39 bits per heavy atom. The van der Waals surface area contributed by atoms with Crippen molar-refractivity contribution in [3.8, 4) is 5.75 Å². The predicted octanol–water partition coefficient (Wildman–Crippen LogP) is 1.28. The molecule has 4 nitrogen and oxygen atoms in total. The van der Waals surface area contributed by atoms with Crippen molar-refractivity contribution in [1.82, 2.24) is 5.32 Å². The van der Waals surface area contributed by atoms with Gasteiger partial charge in [0, 0.05) is 10.6 Å².